The molecule has 1 aliphatic heterocycles. The van der Waals surface area contributed by atoms with Gasteiger partial charge in [0.15, 0.2) is 0 Å². The van der Waals surface area contributed by atoms with Crippen LogP contribution in [0.15, 0.2) is 48.7 Å². The second-order valence-electron chi connectivity index (χ2n) is 8.75. The van der Waals surface area contributed by atoms with Crippen molar-refractivity contribution in [2.24, 2.45) is 11.7 Å². The molecule has 0 radical (unpaired) electrons. The third kappa shape index (κ3) is 4.01. The minimum atomic E-state index is -0.281. The van der Waals surface area contributed by atoms with Gasteiger partial charge < -0.3 is 15.4 Å². The number of amides is 2. The maximum atomic E-state index is 13.8. The number of ether oxygens (including phenoxy) is 1. The molecule has 0 aliphatic carbocycles. The van der Waals surface area contributed by atoms with E-state index in [9.17, 15) is 9.59 Å². The highest BCUT2D eigenvalue weighted by Crippen LogP contribution is 2.43. The Morgan fingerprint density at radius 1 is 1.12 bits per heavy atom. The molecule has 0 spiro atoms. The highest BCUT2D eigenvalue weighted by molar-refractivity contribution is 7.22. The SMILES string of the molecule is CCOc1ccc2ncc3c(-c4ccc(C)cc4)c(C(=O)N4CCC(C(N)=O)CC4)sc3c2c1. The summed E-state index contributed by atoms with van der Waals surface area (Å²) in [5.41, 5.74) is 9.43. The Morgan fingerprint density at radius 3 is 2.53 bits per heavy atom. The average molecular weight is 474 g/mol. The molecule has 0 saturated carbocycles. The lowest BCUT2D eigenvalue weighted by atomic mass is 9.95. The largest absolute Gasteiger partial charge is 0.494 e. The van der Waals surface area contributed by atoms with Gasteiger partial charge in [0.05, 0.1) is 12.1 Å². The lowest BCUT2D eigenvalue weighted by Gasteiger charge is -2.30. The third-order valence-corrected chi connectivity index (χ3v) is 7.75. The molecule has 0 atom stereocenters. The number of carbonyl (C=O) groups is 2. The van der Waals surface area contributed by atoms with Crippen LogP contribution in [-0.4, -0.2) is 41.4 Å². The Morgan fingerprint density at radius 2 is 1.85 bits per heavy atom. The van der Waals surface area contributed by atoms with E-state index >= 15 is 0 Å². The van der Waals surface area contributed by atoms with Crippen molar-refractivity contribution in [3.8, 4) is 16.9 Å². The van der Waals surface area contributed by atoms with Gasteiger partial charge in [-0.25, -0.2) is 0 Å². The lowest BCUT2D eigenvalue weighted by molar-refractivity contribution is -0.123. The molecular weight excluding hydrogens is 446 g/mol. The van der Waals surface area contributed by atoms with Crippen molar-refractivity contribution in [1.29, 1.82) is 0 Å². The Labute approximate surface area is 202 Å². The van der Waals surface area contributed by atoms with Crippen LogP contribution in [0, 0.1) is 12.8 Å². The number of nitrogens with two attached hydrogens (primary N) is 1. The molecule has 2 N–H and O–H groups in total. The van der Waals surface area contributed by atoms with Crippen LogP contribution in [0.25, 0.3) is 32.1 Å². The highest BCUT2D eigenvalue weighted by atomic mass is 32.1. The number of rotatable bonds is 5. The first-order valence-electron chi connectivity index (χ1n) is 11.6. The molecule has 34 heavy (non-hydrogen) atoms. The van der Waals surface area contributed by atoms with Gasteiger partial charge in [0, 0.05) is 46.2 Å². The number of carbonyl (C=O) groups excluding carboxylic acids is 2. The van der Waals surface area contributed by atoms with Gasteiger partial charge in [-0.3, -0.25) is 14.6 Å². The average Bonchev–Trinajstić information content (AvgIpc) is 3.24. The summed E-state index contributed by atoms with van der Waals surface area (Å²) in [6.45, 7) is 5.65. The van der Waals surface area contributed by atoms with E-state index in [1.54, 1.807) is 0 Å². The predicted molar refractivity (Wildman–Crippen MR) is 136 cm³/mol. The van der Waals surface area contributed by atoms with Crippen molar-refractivity contribution in [1.82, 2.24) is 9.88 Å². The molecule has 6 nitrogen and oxygen atoms in total. The number of primary amides is 1. The number of aryl methyl sites for hydroxylation is 1. The molecular formula is C27H27N3O3S. The number of likely N-dealkylation sites (tertiary alicyclic amines) is 1. The Balaban J connectivity index is 1.66. The van der Waals surface area contributed by atoms with Gasteiger partial charge in [-0.05, 0) is 50.5 Å². The zero-order valence-corrected chi connectivity index (χ0v) is 20.2. The zero-order chi connectivity index (χ0) is 23.8. The number of thiophene rings is 1. The molecule has 2 amide bonds. The van der Waals surface area contributed by atoms with E-state index < -0.39 is 0 Å². The summed E-state index contributed by atoms with van der Waals surface area (Å²) in [7, 11) is 0. The van der Waals surface area contributed by atoms with Crippen LogP contribution in [0.4, 0.5) is 0 Å². The summed E-state index contributed by atoms with van der Waals surface area (Å²) < 4.78 is 6.76. The number of fused-ring (bicyclic) bond motifs is 3. The van der Waals surface area contributed by atoms with Crippen molar-refractivity contribution in [3.63, 3.8) is 0 Å². The summed E-state index contributed by atoms with van der Waals surface area (Å²) in [6.07, 6.45) is 3.09. The predicted octanol–water partition coefficient (Wildman–Crippen LogP) is 5.16. The zero-order valence-electron chi connectivity index (χ0n) is 19.3. The summed E-state index contributed by atoms with van der Waals surface area (Å²) >= 11 is 1.51. The minimum absolute atomic E-state index is 0.00573. The van der Waals surface area contributed by atoms with E-state index in [1.165, 1.54) is 11.3 Å². The topological polar surface area (TPSA) is 85.5 Å². The number of aromatic nitrogens is 1. The Bertz CT molecular complexity index is 1390. The summed E-state index contributed by atoms with van der Waals surface area (Å²) in [5, 5.41) is 1.94. The second kappa shape index (κ2) is 9.06. The first kappa shape index (κ1) is 22.3. The lowest BCUT2D eigenvalue weighted by Crippen LogP contribution is -2.41. The van der Waals surface area contributed by atoms with E-state index in [1.807, 2.05) is 36.2 Å². The van der Waals surface area contributed by atoms with E-state index in [0.29, 0.717) is 37.4 Å². The Hall–Kier alpha value is -3.45. The number of nitrogens with zero attached hydrogens (tertiary/aromatic N) is 2. The minimum Gasteiger partial charge on any atom is -0.494 e. The van der Waals surface area contributed by atoms with Gasteiger partial charge in [-0.2, -0.15) is 0 Å². The normalized spacial score (nSPS) is 14.6. The fourth-order valence-corrected chi connectivity index (χ4v) is 5.92. The van der Waals surface area contributed by atoms with E-state index in [0.717, 1.165) is 43.4 Å². The smallest absolute Gasteiger partial charge is 0.264 e. The van der Waals surface area contributed by atoms with Crippen LogP contribution in [-0.2, 0) is 4.79 Å². The highest BCUT2D eigenvalue weighted by Gasteiger charge is 2.30. The number of pyridine rings is 1. The molecule has 1 saturated heterocycles. The fourth-order valence-electron chi connectivity index (χ4n) is 4.64. The number of hydrogen-bond acceptors (Lipinski definition) is 5. The molecule has 0 bridgehead atoms. The maximum Gasteiger partial charge on any atom is 0.264 e. The van der Waals surface area contributed by atoms with Crippen LogP contribution < -0.4 is 10.5 Å². The summed E-state index contributed by atoms with van der Waals surface area (Å²) in [5.74, 6) is 0.343. The molecule has 0 unspecified atom stereocenters. The van der Waals surface area contributed by atoms with Crippen LogP contribution in [0.3, 0.4) is 0 Å². The fraction of sp³-hybridized carbons (Fsp3) is 0.296. The number of hydrogen-bond donors (Lipinski definition) is 1. The van der Waals surface area contributed by atoms with Crippen molar-refractivity contribution < 1.29 is 14.3 Å². The molecule has 2 aromatic carbocycles. The second-order valence-corrected chi connectivity index (χ2v) is 9.77. The van der Waals surface area contributed by atoms with Gasteiger partial charge >= 0.3 is 0 Å². The molecule has 1 fully saturated rings. The molecule has 5 rings (SSSR count). The molecule has 2 aromatic heterocycles. The molecule has 1 aliphatic rings. The first-order valence-corrected chi connectivity index (χ1v) is 12.4. The van der Waals surface area contributed by atoms with Crippen molar-refractivity contribution >= 4 is 44.1 Å². The quantitative estimate of drug-likeness (QED) is 0.434. The Kier molecular flexibility index (Phi) is 5.96. The third-order valence-electron chi connectivity index (χ3n) is 6.52. The van der Waals surface area contributed by atoms with Crippen molar-refractivity contribution in [2.45, 2.75) is 26.7 Å². The monoisotopic (exact) mass is 473 g/mol. The first-order chi connectivity index (χ1) is 16.5. The summed E-state index contributed by atoms with van der Waals surface area (Å²) in [6, 6.07) is 14.1. The van der Waals surface area contributed by atoms with Gasteiger partial charge in [0.1, 0.15) is 10.6 Å². The molecule has 3 heterocycles. The van der Waals surface area contributed by atoms with E-state index in [-0.39, 0.29) is 17.7 Å². The molecule has 7 heteroatoms. The van der Waals surface area contributed by atoms with Crippen molar-refractivity contribution in [3.05, 3.63) is 59.1 Å². The maximum absolute atomic E-state index is 13.8. The van der Waals surface area contributed by atoms with E-state index in [4.69, 9.17) is 15.5 Å². The summed E-state index contributed by atoms with van der Waals surface area (Å²) in [4.78, 5) is 32.6. The van der Waals surface area contributed by atoms with Crippen LogP contribution in [0.2, 0.25) is 0 Å². The van der Waals surface area contributed by atoms with Crippen LogP contribution >= 0.6 is 11.3 Å². The van der Waals surface area contributed by atoms with Gasteiger partial charge in [-0.15, -0.1) is 11.3 Å². The molecule has 4 aromatic rings. The van der Waals surface area contributed by atoms with Gasteiger partial charge in [0.2, 0.25) is 5.91 Å². The van der Waals surface area contributed by atoms with Crippen molar-refractivity contribution in [2.75, 3.05) is 19.7 Å². The van der Waals surface area contributed by atoms with Crippen LogP contribution in [0.5, 0.6) is 5.75 Å². The van der Waals surface area contributed by atoms with Gasteiger partial charge in [-0.1, -0.05) is 29.8 Å². The number of benzene rings is 2. The number of piperidine rings is 1. The van der Waals surface area contributed by atoms with Crippen LogP contribution in [0.1, 0.15) is 35.0 Å². The standard InChI is InChI=1S/C27H27N3O3S/c1-3-33-19-8-9-22-20(14-19)24-21(15-29-22)23(17-6-4-16(2)5-7-17)25(34-24)27(32)30-12-10-18(11-13-30)26(28)31/h4-9,14-15,18H,3,10-13H2,1-2H3,(H2,28,31). The van der Waals surface area contributed by atoms with Gasteiger partial charge in [0.25, 0.3) is 5.91 Å². The molecule has 174 valence electrons. The van der Waals surface area contributed by atoms with E-state index in [2.05, 4.69) is 31.2 Å².